The molecular weight excluding hydrogens is 252 g/mol. The number of nitrogens with one attached hydrogen (secondary N) is 1. The Hall–Kier alpha value is -0.620. The standard InChI is InChI=1S/C12H24N2O3S/c1-9(10(2)18(4,16)17)14(3)12(15)8-11-6-5-7-13-11/h9-11,13H,5-8H2,1-4H3. The van der Waals surface area contributed by atoms with Crippen LogP contribution in [0.4, 0.5) is 0 Å². The normalized spacial score (nSPS) is 23.7. The van der Waals surface area contributed by atoms with E-state index in [0.717, 1.165) is 19.4 Å². The zero-order chi connectivity index (χ0) is 13.9. The summed E-state index contributed by atoms with van der Waals surface area (Å²) in [6, 6.07) is -0.0467. The number of hydrogen-bond donors (Lipinski definition) is 1. The highest BCUT2D eigenvalue weighted by Crippen LogP contribution is 2.14. The SMILES string of the molecule is CC(C(C)S(C)(=O)=O)N(C)C(=O)CC1CCCN1. The first-order valence-corrected chi connectivity index (χ1v) is 8.37. The summed E-state index contributed by atoms with van der Waals surface area (Å²) in [4.78, 5) is 13.6. The molecule has 6 heteroatoms. The smallest absolute Gasteiger partial charge is 0.224 e. The number of sulfone groups is 1. The van der Waals surface area contributed by atoms with Crippen molar-refractivity contribution in [2.75, 3.05) is 19.8 Å². The van der Waals surface area contributed by atoms with E-state index in [9.17, 15) is 13.2 Å². The van der Waals surface area contributed by atoms with E-state index >= 15 is 0 Å². The molecule has 1 saturated heterocycles. The lowest BCUT2D eigenvalue weighted by Crippen LogP contribution is -2.45. The van der Waals surface area contributed by atoms with Gasteiger partial charge in [0.05, 0.1) is 5.25 Å². The Balaban J connectivity index is 2.57. The number of carbonyl (C=O) groups excluding carboxylic acids is 1. The van der Waals surface area contributed by atoms with Gasteiger partial charge in [0, 0.05) is 31.8 Å². The first kappa shape index (κ1) is 15.4. The van der Waals surface area contributed by atoms with Crippen molar-refractivity contribution in [3.8, 4) is 0 Å². The van der Waals surface area contributed by atoms with E-state index < -0.39 is 15.1 Å². The molecule has 0 aromatic rings. The molecule has 1 aliphatic rings. The first-order valence-electron chi connectivity index (χ1n) is 6.41. The van der Waals surface area contributed by atoms with Crippen LogP contribution in [0.1, 0.15) is 33.1 Å². The number of nitrogens with zero attached hydrogens (tertiary/aromatic N) is 1. The molecule has 0 spiro atoms. The Morgan fingerprint density at radius 3 is 2.50 bits per heavy atom. The van der Waals surface area contributed by atoms with E-state index in [4.69, 9.17) is 0 Å². The largest absolute Gasteiger partial charge is 0.342 e. The van der Waals surface area contributed by atoms with Gasteiger partial charge in [-0.15, -0.1) is 0 Å². The zero-order valence-corrected chi connectivity index (χ0v) is 12.5. The quantitative estimate of drug-likeness (QED) is 0.790. The van der Waals surface area contributed by atoms with Crippen molar-refractivity contribution in [2.24, 2.45) is 0 Å². The van der Waals surface area contributed by atoms with Crippen molar-refractivity contribution in [3.05, 3.63) is 0 Å². The molecule has 0 saturated carbocycles. The summed E-state index contributed by atoms with van der Waals surface area (Å²) in [5.74, 6) is 0.0115. The minimum Gasteiger partial charge on any atom is -0.342 e. The summed E-state index contributed by atoms with van der Waals surface area (Å²) < 4.78 is 23.0. The molecule has 3 atom stereocenters. The Labute approximate surface area is 110 Å². The molecule has 106 valence electrons. The third kappa shape index (κ3) is 3.95. The van der Waals surface area contributed by atoms with Crippen molar-refractivity contribution in [3.63, 3.8) is 0 Å². The monoisotopic (exact) mass is 276 g/mol. The molecule has 1 amide bonds. The maximum Gasteiger partial charge on any atom is 0.224 e. The Bertz CT molecular complexity index is 388. The average molecular weight is 276 g/mol. The van der Waals surface area contributed by atoms with Crippen molar-refractivity contribution in [2.45, 2.75) is 50.4 Å². The second-order valence-corrected chi connectivity index (χ2v) is 7.68. The van der Waals surface area contributed by atoms with Gasteiger partial charge in [0.2, 0.25) is 5.91 Å². The van der Waals surface area contributed by atoms with Crippen LogP contribution in [0.5, 0.6) is 0 Å². The van der Waals surface area contributed by atoms with Crippen LogP contribution >= 0.6 is 0 Å². The second kappa shape index (κ2) is 6.02. The van der Waals surface area contributed by atoms with Gasteiger partial charge in [-0.05, 0) is 33.2 Å². The van der Waals surface area contributed by atoms with Crippen LogP contribution in [0.3, 0.4) is 0 Å². The lowest BCUT2D eigenvalue weighted by atomic mass is 10.1. The second-order valence-electron chi connectivity index (χ2n) is 5.28. The first-order chi connectivity index (χ1) is 8.23. The molecule has 18 heavy (non-hydrogen) atoms. The van der Waals surface area contributed by atoms with Crippen LogP contribution in [0.2, 0.25) is 0 Å². The van der Waals surface area contributed by atoms with Crippen LogP contribution in [0.25, 0.3) is 0 Å². The fourth-order valence-corrected chi connectivity index (χ4v) is 3.08. The molecule has 3 unspecified atom stereocenters. The van der Waals surface area contributed by atoms with Crippen LogP contribution in [-0.2, 0) is 14.6 Å². The van der Waals surface area contributed by atoms with Crippen molar-refractivity contribution < 1.29 is 13.2 Å². The summed E-state index contributed by atoms with van der Waals surface area (Å²) in [5.41, 5.74) is 0. The molecule has 0 aliphatic carbocycles. The van der Waals surface area contributed by atoms with Gasteiger partial charge in [0.25, 0.3) is 0 Å². The summed E-state index contributed by atoms with van der Waals surface area (Å²) in [6.07, 6.45) is 3.80. The van der Waals surface area contributed by atoms with Gasteiger partial charge in [0.15, 0.2) is 9.84 Å². The van der Waals surface area contributed by atoms with Gasteiger partial charge in [-0.25, -0.2) is 8.42 Å². The van der Waals surface area contributed by atoms with Crippen LogP contribution in [0.15, 0.2) is 0 Å². The number of carbonyl (C=O) groups is 1. The zero-order valence-electron chi connectivity index (χ0n) is 11.6. The highest BCUT2D eigenvalue weighted by Gasteiger charge is 2.29. The van der Waals surface area contributed by atoms with Gasteiger partial charge in [0.1, 0.15) is 0 Å². The van der Waals surface area contributed by atoms with E-state index in [1.54, 1.807) is 25.8 Å². The predicted molar refractivity (Wildman–Crippen MR) is 72.2 cm³/mol. The average Bonchev–Trinajstić information content (AvgIpc) is 2.77. The van der Waals surface area contributed by atoms with E-state index in [2.05, 4.69) is 5.32 Å². The Morgan fingerprint density at radius 2 is 2.06 bits per heavy atom. The van der Waals surface area contributed by atoms with Crippen LogP contribution in [0, 0.1) is 0 Å². The number of amides is 1. The fraction of sp³-hybridized carbons (Fsp3) is 0.917. The molecule has 0 bridgehead atoms. The molecule has 0 radical (unpaired) electrons. The topological polar surface area (TPSA) is 66.5 Å². The number of rotatable bonds is 5. The highest BCUT2D eigenvalue weighted by atomic mass is 32.2. The molecule has 1 aliphatic heterocycles. The highest BCUT2D eigenvalue weighted by molar-refractivity contribution is 7.91. The Kier molecular flexibility index (Phi) is 5.16. The number of hydrogen-bond acceptors (Lipinski definition) is 4. The minimum atomic E-state index is -3.12. The van der Waals surface area contributed by atoms with E-state index in [0.29, 0.717) is 6.42 Å². The van der Waals surface area contributed by atoms with Gasteiger partial charge in [-0.3, -0.25) is 4.79 Å². The van der Waals surface area contributed by atoms with Crippen LogP contribution in [-0.4, -0.2) is 56.4 Å². The lowest BCUT2D eigenvalue weighted by molar-refractivity contribution is -0.132. The van der Waals surface area contributed by atoms with Gasteiger partial charge in [-0.2, -0.15) is 0 Å². The molecule has 0 aromatic carbocycles. The van der Waals surface area contributed by atoms with E-state index in [1.807, 2.05) is 0 Å². The summed E-state index contributed by atoms with van der Waals surface area (Å²) >= 11 is 0. The van der Waals surface area contributed by atoms with Crippen molar-refractivity contribution in [1.82, 2.24) is 10.2 Å². The molecule has 1 N–H and O–H groups in total. The molecule has 0 aromatic heterocycles. The van der Waals surface area contributed by atoms with Crippen molar-refractivity contribution >= 4 is 15.7 Å². The van der Waals surface area contributed by atoms with E-state index in [1.165, 1.54) is 6.26 Å². The Morgan fingerprint density at radius 1 is 1.44 bits per heavy atom. The summed E-state index contributed by atoms with van der Waals surface area (Å²) in [6.45, 7) is 4.40. The molecular formula is C12H24N2O3S. The summed E-state index contributed by atoms with van der Waals surface area (Å²) in [7, 11) is -1.43. The third-order valence-electron chi connectivity index (χ3n) is 3.94. The predicted octanol–water partition coefficient (Wildman–Crippen LogP) is 0.409. The van der Waals surface area contributed by atoms with Gasteiger partial charge >= 0.3 is 0 Å². The van der Waals surface area contributed by atoms with Crippen molar-refractivity contribution in [1.29, 1.82) is 0 Å². The fourth-order valence-electron chi connectivity index (χ4n) is 2.19. The summed E-state index contributed by atoms with van der Waals surface area (Å²) in [5, 5.41) is 2.74. The lowest BCUT2D eigenvalue weighted by Gasteiger charge is -2.29. The maximum atomic E-state index is 12.1. The third-order valence-corrected chi connectivity index (χ3v) is 5.69. The maximum absolute atomic E-state index is 12.1. The molecule has 5 nitrogen and oxygen atoms in total. The molecule has 1 rings (SSSR count). The van der Waals surface area contributed by atoms with Gasteiger partial charge in [-0.1, -0.05) is 0 Å². The van der Waals surface area contributed by atoms with E-state index in [-0.39, 0.29) is 18.0 Å². The minimum absolute atomic E-state index is 0.0115. The molecule has 1 heterocycles. The van der Waals surface area contributed by atoms with Crippen LogP contribution < -0.4 is 5.32 Å². The molecule has 1 fully saturated rings. The van der Waals surface area contributed by atoms with Gasteiger partial charge < -0.3 is 10.2 Å².